The van der Waals surface area contributed by atoms with Crippen LogP contribution in [0, 0.1) is 0 Å². The maximum atomic E-state index is 12.3. The third kappa shape index (κ3) is 10.8. The smallest absolute Gasteiger partial charge is 0.296 e. The molecular formula is C25H18ClN7Na3O10S3. The van der Waals surface area contributed by atoms with Gasteiger partial charge in [0.2, 0.25) is 17.2 Å². The van der Waals surface area contributed by atoms with E-state index in [4.69, 9.17) is 11.6 Å². The predicted molar refractivity (Wildman–Crippen MR) is 181 cm³/mol. The zero-order valence-corrected chi connectivity index (χ0v) is 34.7. The number of anilines is 4. The number of azo groups is 1. The first-order valence-electron chi connectivity index (χ1n) is 12.3. The average Bonchev–Trinajstić information content (AvgIpc) is 2.95. The molecule has 241 valence electrons. The number of fused-ring (bicyclic) bond motifs is 1. The third-order valence-corrected chi connectivity index (χ3v) is 8.77. The van der Waals surface area contributed by atoms with Crippen molar-refractivity contribution in [3.05, 3.63) is 78.1 Å². The van der Waals surface area contributed by atoms with Gasteiger partial charge in [0, 0.05) is 105 Å². The van der Waals surface area contributed by atoms with Crippen molar-refractivity contribution in [1.29, 1.82) is 0 Å². The van der Waals surface area contributed by atoms with Gasteiger partial charge in [0.15, 0.2) is 5.75 Å². The molecule has 6 N–H and O–H groups in total. The number of halogens is 1. The molecule has 0 unspecified atom stereocenters. The van der Waals surface area contributed by atoms with Crippen molar-refractivity contribution in [3.63, 3.8) is 0 Å². The van der Waals surface area contributed by atoms with Gasteiger partial charge in [-0.05, 0) is 71.6 Å². The van der Waals surface area contributed by atoms with Crippen molar-refractivity contribution >= 4 is 176 Å². The van der Waals surface area contributed by atoms with E-state index < -0.39 is 51.6 Å². The van der Waals surface area contributed by atoms with Crippen molar-refractivity contribution in [1.82, 2.24) is 15.0 Å². The van der Waals surface area contributed by atoms with E-state index in [-0.39, 0.29) is 139 Å². The second-order valence-electron chi connectivity index (χ2n) is 9.13. The van der Waals surface area contributed by atoms with Gasteiger partial charge in [-0.25, -0.2) is 0 Å². The average molecular weight is 777 g/mol. The van der Waals surface area contributed by atoms with Crippen molar-refractivity contribution in [2.24, 2.45) is 10.2 Å². The number of rotatable bonds is 9. The quantitative estimate of drug-likeness (QED) is 0.0704. The Balaban J connectivity index is 0.00000278. The van der Waals surface area contributed by atoms with Crippen molar-refractivity contribution in [2.45, 2.75) is 14.7 Å². The third-order valence-electron chi connectivity index (χ3n) is 5.98. The van der Waals surface area contributed by atoms with Gasteiger partial charge < -0.3 is 15.7 Å². The van der Waals surface area contributed by atoms with Crippen LogP contribution in [0.15, 0.2) is 97.7 Å². The Morgan fingerprint density at radius 1 is 0.633 bits per heavy atom. The van der Waals surface area contributed by atoms with Gasteiger partial charge in [0.25, 0.3) is 30.4 Å². The van der Waals surface area contributed by atoms with Crippen molar-refractivity contribution < 1.29 is 44.0 Å². The number of phenolic OH excluding ortho intramolecular Hbond substituents is 1. The van der Waals surface area contributed by atoms with Crippen LogP contribution < -0.4 is 10.6 Å². The van der Waals surface area contributed by atoms with Crippen LogP contribution in [0.2, 0.25) is 5.28 Å². The summed E-state index contributed by atoms with van der Waals surface area (Å²) in [5.41, 5.74) is -0.650. The van der Waals surface area contributed by atoms with E-state index in [2.05, 4.69) is 35.8 Å². The summed E-state index contributed by atoms with van der Waals surface area (Å²) in [6.07, 6.45) is 0. The fourth-order valence-corrected chi connectivity index (χ4v) is 6.01. The predicted octanol–water partition coefficient (Wildman–Crippen LogP) is 3.88. The summed E-state index contributed by atoms with van der Waals surface area (Å²) in [6.45, 7) is 0. The van der Waals surface area contributed by atoms with Gasteiger partial charge >= 0.3 is 0 Å². The summed E-state index contributed by atoms with van der Waals surface area (Å²) in [7, 11) is -14.2. The molecule has 0 aliphatic rings. The zero-order valence-electron chi connectivity index (χ0n) is 25.5. The molecule has 4 aromatic carbocycles. The van der Waals surface area contributed by atoms with Crippen LogP contribution in [0.5, 0.6) is 5.75 Å². The summed E-state index contributed by atoms with van der Waals surface area (Å²) in [5.74, 6) is -0.964. The number of hydrogen-bond donors (Lipinski definition) is 6. The van der Waals surface area contributed by atoms with Gasteiger partial charge in [-0.2, -0.15) is 40.2 Å². The first-order valence-corrected chi connectivity index (χ1v) is 17.0. The number of benzene rings is 4. The zero-order chi connectivity index (χ0) is 33.4. The van der Waals surface area contributed by atoms with Crippen LogP contribution in [0.3, 0.4) is 0 Å². The normalized spacial score (nSPS) is 11.7. The van der Waals surface area contributed by atoms with E-state index in [0.717, 1.165) is 18.2 Å². The standard InChI is InChI=1S/C25H18ClN7O10S3.3Na/c26-23-29-24(27-14-4-3-5-16(12-14)44(35,36)37)31-25(30-23)28-15-8-9-17-13(10-15)11-20(46(41,42)43)21(22(17)34)33-32-18-6-1-2-7-19(18)45(38,39)40;;;/h1-12,34H,(H,35,36,37)(H,38,39,40)(H,41,42,43)(H2,27,28,29,30,31);;;. The number of nitrogens with zero attached hydrogens (tertiary/aromatic N) is 5. The Bertz CT molecular complexity index is 2410. The van der Waals surface area contributed by atoms with E-state index in [1.807, 2.05) is 0 Å². The molecule has 1 heterocycles. The molecule has 5 aromatic rings. The van der Waals surface area contributed by atoms with E-state index in [1.165, 1.54) is 54.6 Å². The molecule has 1 aromatic heterocycles. The Labute approximate surface area is 350 Å². The van der Waals surface area contributed by atoms with E-state index in [0.29, 0.717) is 0 Å². The maximum absolute atomic E-state index is 12.3. The molecule has 0 aliphatic carbocycles. The maximum Gasteiger partial charge on any atom is 0.296 e. The molecule has 17 nitrogen and oxygen atoms in total. The van der Waals surface area contributed by atoms with Crippen LogP contribution >= 0.6 is 11.6 Å². The van der Waals surface area contributed by atoms with Crippen LogP contribution in [-0.4, -0.2) is 148 Å². The first kappa shape index (κ1) is 43.3. The van der Waals surface area contributed by atoms with E-state index >= 15 is 0 Å². The minimum absolute atomic E-state index is 0. The minimum Gasteiger partial charge on any atom is -0.505 e. The van der Waals surface area contributed by atoms with Gasteiger partial charge in [-0.1, -0.05) is 18.2 Å². The molecule has 24 heteroatoms. The summed E-state index contributed by atoms with van der Waals surface area (Å²) in [5, 5.41) is 23.7. The second kappa shape index (κ2) is 17.1. The van der Waals surface area contributed by atoms with E-state index in [9.17, 15) is 44.0 Å². The largest absolute Gasteiger partial charge is 0.505 e. The number of aromatic hydroxyl groups is 1. The Morgan fingerprint density at radius 3 is 1.82 bits per heavy atom. The first-order chi connectivity index (χ1) is 21.5. The molecule has 3 radical (unpaired) electrons. The number of nitrogens with one attached hydrogen (secondary N) is 2. The monoisotopic (exact) mass is 776 g/mol. The summed E-state index contributed by atoms with van der Waals surface area (Å²) in [4.78, 5) is 10.1. The number of aromatic nitrogens is 3. The summed E-state index contributed by atoms with van der Waals surface area (Å²) < 4.78 is 99.4. The topological polar surface area (TPSA) is 271 Å². The van der Waals surface area contributed by atoms with Crippen LogP contribution in [0.1, 0.15) is 0 Å². The molecule has 0 bridgehead atoms. The molecule has 0 atom stereocenters. The van der Waals surface area contributed by atoms with Crippen LogP contribution in [0.4, 0.5) is 34.6 Å². The molecule has 0 aliphatic heterocycles. The molecular weight excluding hydrogens is 759 g/mol. The molecule has 0 saturated carbocycles. The fraction of sp³-hybridized carbons (Fsp3) is 0. The number of hydrogen-bond acceptors (Lipinski definition) is 14. The van der Waals surface area contributed by atoms with E-state index in [1.54, 1.807) is 0 Å². The number of phenols is 1. The summed E-state index contributed by atoms with van der Waals surface area (Å²) >= 11 is 6.03. The Morgan fingerprint density at radius 2 is 1.22 bits per heavy atom. The Hall–Kier alpha value is -1.83. The Kier molecular flexibility index (Phi) is 15.1. The summed E-state index contributed by atoms with van der Waals surface area (Å²) in [6, 6.07) is 15.2. The van der Waals surface area contributed by atoms with Gasteiger partial charge in [0.05, 0.1) is 4.90 Å². The molecule has 5 rings (SSSR count). The molecule has 0 amide bonds. The van der Waals surface area contributed by atoms with Gasteiger partial charge in [-0.15, -0.1) is 10.2 Å². The molecule has 0 fully saturated rings. The van der Waals surface area contributed by atoms with Crippen molar-refractivity contribution in [3.8, 4) is 5.75 Å². The SMILES string of the molecule is O=S(=O)(O)c1cccc(Nc2nc(Cl)nc(Nc3ccc4c(O)c(N=Nc5ccccc5S(=O)(=O)O)c(S(=O)(=O)O)cc4c3)n2)c1.[Na].[Na].[Na]. The molecule has 49 heavy (non-hydrogen) atoms. The van der Waals surface area contributed by atoms with Crippen molar-refractivity contribution in [2.75, 3.05) is 10.6 Å². The van der Waals surface area contributed by atoms with Crippen LogP contribution in [-0.2, 0) is 30.4 Å². The molecule has 0 spiro atoms. The van der Waals surface area contributed by atoms with Gasteiger partial charge in [0.1, 0.15) is 21.2 Å². The second-order valence-corrected chi connectivity index (χ2v) is 13.7. The fourth-order valence-electron chi connectivity index (χ4n) is 4.04. The van der Waals surface area contributed by atoms with Crippen LogP contribution in [0.25, 0.3) is 10.8 Å². The molecule has 0 saturated heterocycles. The minimum atomic E-state index is -5.03. The van der Waals surface area contributed by atoms with Gasteiger partial charge in [-0.3, -0.25) is 13.7 Å².